The number of hydrogen-bond acceptors (Lipinski definition) is 4. The molecule has 1 aromatic heterocycles. The van der Waals surface area contributed by atoms with Crippen molar-refractivity contribution in [3.8, 4) is 5.75 Å². The van der Waals surface area contributed by atoms with Crippen molar-refractivity contribution in [2.75, 3.05) is 24.3 Å². The highest BCUT2D eigenvalue weighted by Crippen LogP contribution is 2.24. The second kappa shape index (κ2) is 6.74. The van der Waals surface area contributed by atoms with Crippen molar-refractivity contribution >= 4 is 17.4 Å². The van der Waals surface area contributed by atoms with Crippen LogP contribution in [0.25, 0.3) is 0 Å². The molecule has 0 unspecified atom stereocenters. The molecule has 2 rings (SSSR count). The number of anilines is 2. The zero-order chi connectivity index (χ0) is 15.2. The number of amides is 1. The summed E-state index contributed by atoms with van der Waals surface area (Å²) in [5.41, 5.74) is 1.99. The van der Waals surface area contributed by atoms with Gasteiger partial charge in [-0.25, -0.2) is 4.98 Å². The quantitative estimate of drug-likeness (QED) is 0.886. The number of carbonyl (C=O) groups excluding carboxylic acids is 1. The lowest BCUT2D eigenvalue weighted by molar-refractivity contribution is 0.102. The molecule has 0 aliphatic heterocycles. The molecular formula is C16H19N3O2. The van der Waals surface area contributed by atoms with E-state index in [1.807, 2.05) is 38.1 Å². The Balaban J connectivity index is 2.24. The van der Waals surface area contributed by atoms with Gasteiger partial charge in [0.2, 0.25) is 0 Å². The molecule has 0 spiro atoms. The summed E-state index contributed by atoms with van der Waals surface area (Å²) in [4.78, 5) is 16.6. The number of ether oxygens (including phenoxy) is 1. The van der Waals surface area contributed by atoms with Crippen molar-refractivity contribution in [1.82, 2.24) is 4.98 Å². The molecule has 0 atom stereocenters. The number of aromatic nitrogens is 1. The fourth-order valence-corrected chi connectivity index (χ4v) is 1.97. The first kappa shape index (κ1) is 14.8. The Morgan fingerprint density at radius 3 is 2.76 bits per heavy atom. The second-order valence-electron chi connectivity index (χ2n) is 4.52. The topological polar surface area (TPSA) is 63.2 Å². The maximum atomic E-state index is 12.4. The number of benzene rings is 1. The van der Waals surface area contributed by atoms with Crippen molar-refractivity contribution in [1.29, 1.82) is 0 Å². The molecule has 1 aromatic carbocycles. The van der Waals surface area contributed by atoms with E-state index in [4.69, 9.17) is 4.74 Å². The minimum absolute atomic E-state index is 0.191. The molecule has 0 aliphatic rings. The lowest BCUT2D eigenvalue weighted by atomic mass is 10.2. The van der Waals surface area contributed by atoms with Crippen molar-refractivity contribution in [3.63, 3.8) is 0 Å². The molecule has 0 fully saturated rings. The SMILES string of the molecule is CCOc1ccccc1NC(=O)c1cc(C)nc(NC)c1. The molecule has 0 aliphatic carbocycles. The number of rotatable bonds is 5. The molecular weight excluding hydrogens is 266 g/mol. The van der Waals surface area contributed by atoms with E-state index < -0.39 is 0 Å². The van der Waals surface area contributed by atoms with Crippen LogP contribution in [-0.2, 0) is 0 Å². The fourth-order valence-electron chi connectivity index (χ4n) is 1.97. The van der Waals surface area contributed by atoms with E-state index >= 15 is 0 Å². The number of para-hydroxylation sites is 2. The highest BCUT2D eigenvalue weighted by atomic mass is 16.5. The zero-order valence-corrected chi connectivity index (χ0v) is 12.4. The van der Waals surface area contributed by atoms with Crippen LogP contribution in [0.15, 0.2) is 36.4 Å². The van der Waals surface area contributed by atoms with Crippen LogP contribution in [0.1, 0.15) is 23.0 Å². The maximum absolute atomic E-state index is 12.4. The first-order chi connectivity index (χ1) is 10.1. The van der Waals surface area contributed by atoms with Gasteiger partial charge in [-0.2, -0.15) is 0 Å². The molecule has 1 amide bonds. The van der Waals surface area contributed by atoms with Gasteiger partial charge >= 0.3 is 0 Å². The third-order valence-corrected chi connectivity index (χ3v) is 2.91. The van der Waals surface area contributed by atoms with Gasteiger partial charge in [0, 0.05) is 18.3 Å². The molecule has 2 aromatic rings. The van der Waals surface area contributed by atoms with Crippen LogP contribution in [0, 0.1) is 6.92 Å². The van der Waals surface area contributed by atoms with Gasteiger partial charge < -0.3 is 15.4 Å². The Morgan fingerprint density at radius 2 is 2.05 bits per heavy atom. The van der Waals surface area contributed by atoms with E-state index in [1.165, 1.54) is 0 Å². The van der Waals surface area contributed by atoms with Crippen LogP contribution in [-0.4, -0.2) is 24.5 Å². The third kappa shape index (κ3) is 3.72. The smallest absolute Gasteiger partial charge is 0.255 e. The number of nitrogens with zero attached hydrogens (tertiary/aromatic N) is 1. The molecule has 21 heavy (non-hydrogen) atoms. The van der Waals surface area contributed by atoms with E-state index in [9.17, 15) is 4.79 Å². The maximum Gasteiger partial charge on any atom is 0.255 e. The summed E-state index contributed by atoms with van der Waals surface area (Å²) in [5.74, 6) is 1.13. The summed E-state index contributed by atoms with van der Waals surface area (Å²) in [6, 6.07) is 10.8. The number of hydrogen-bond donors (Lipinski definition) is 2. The predicted octanol–water partition coefficient (Wildman–Crippen LogP) is 3.08. The molecule has 5 nitrogen and oxygen atoms in total. The molecule has 2 N–H and O–H groups in total. The van der Waals surface area contributed by atoms with Crippen LogP contribution in [0.3, 0.4) is 0 Å². The number of carbonyl (C=O) groups is 1. The Kier molecular flexibility index (Phi) is 4.77. The predicted molar refractivity (Wildman–Crippen MR) is 84.1 cm³/mol. The molecule has 0 bridgehead atoms. The van der Waals surface area contributed by atoms with Crippen LogP contribution in [0.2, 0.25) is 0 Å². The van der Waals surface area contributed by atoms with E-state index in [1.54, 1.807) is 19.2 Å². The average molecular weight is 285 g/mol. The standard InChI is InChI=1S/C16H19N3O2/c1-4-21-14-8-6-5-7-13(14)19-16(20)12-9-11(2)18-15(10-12)17-3/h5-10H,4H2,1-3H3,(H,17,18)(H,19,20). The van der Waals surface area contributed by atoms with E-state index in [0.717, 1.165) is 5.69 Å². The van der Waals surface area contributed by atoms with Crippen LogP contribution in [0.4, 0.5) is 11.5 Å². The highest BCUT2D eigenvalue weighted by Gasteiger charge is 2.11. The molecule has 0 radical (unpaired) electrons. The zero-order valence-electron chi connectivity index (χ0n) is 12.4. The van der Waals surface area contributed by atoms with Crippen molar-refractivity contribution in [3.05, 3.63) is 47.7 Å². The molecule has 0 saturated carbocycles. The minimum atomic E-state index is -0.191. The summed E-state index contributed by atoms with van der Waals surface area (Å²) in [6.07, 6.45) is 0. The van der Waals surface area contributed by atoms with Gasteiger partial charge in [-0.05, 0) is 38.1 Å². The molecule has 1 heterocycles. The Morgan fingerprint density at radius 1 is 1.29 bits per heavy atom. The summed E-state index contributed by atoms with van der Waals surface area (Å²) in [5, 5.41) is 5.81. The van der Waals surface area contributed by atoms with Crippen molar-refractivity contribution in [2.45, 2.75) is 13.8 Å². The fraction of sp³-hybridized carbons (Fsp3) is 0.250. The summed E-state index contributed by atoms with van der Waals surface area (Å²) in [6.45, 7) is 4.31. The van der Waals surface area contributed by atoms with Gasteiger partial charge in [0.15, 0.2) is 0 Å². The monoisotopic (exact) mass is 285 g/mol. The number of pyridine rings is 1. The van der Waals surface area contributed by atoms with Crippen LogP contribution < -0.4 is 15.4 Å². The lowest BCUT2D eigenvalue weighted by Crippen LogP contribution is -2.14. The van der Waals surface area contributed by atoms with Gasteiger partial charge in [0.1, 0.15) is 11.6 Å². The minimum Gasteiger partial charge on any atom is -0.492 e. The van der Waals surface area contributed by atoms with Gasteiger partial charge in [0.25, 0.3) is 5.91 Å². The average Bonchev–Trinajstić information content (AvgIpc) is 2.48. The van der Waals surface area contributed by atoms with Gasteiger partial charge in [-0.3, -0.25) is 4.79 Å². The second-order valence-corrected chi connectivity index (χ2v) is 4.52. The third-order valence-electron chi connectivity index (χ3n) is 2.91. The molecule has 110 valence electrons. The Bertz CT molecular complexity index is 641. The van der Waals surface area contributed by atoms with Crippen molar-refractivity contribution < 1.29 is 9.53 Å². The summed E-state index contributed by atoms with van der Waals surface area (Å²) >= 11 is 0. The largest absolute Gasteiger partial charge is 0.492 e. The first-order valence-corrected chi connectivity index (χ1v) is 6.83. The van der Waals surface area contributed by atoms with Crippen LogP contribution >= 0.6 is 0 Å². The number of aryl methyl sites for hydroxylation is 1. The lowest BCUT2D eigenvalue weighted by Gasteiger charge is -2.12. The van der Waals surface area contributed by atoms with Gasteiger partial charge in [0.05, 0.1) is 12.3 Å². The van der Waals surface area contributed by atoms with E-state index in [0.29, 0.717) is 29.4 Å². The van der Waals surface area contributed by atoms with Gasteiger partial charge in [-0.1, -0.05) is 12.1 Å². The molecule has 0 saturated heterocycles. The van der Waals surface area contributed by atoms with Crippen molar-refractivity contribution in [2.24, 2.45) is 0 Å². The summed E-state index contributed by atoms with van der Waals surface area (Å²) < 4.78 is 5.50. The highest BCUT2D eigenvalue weighted by molar-refractivity contribution is 6.05. The first-order valence-electron chi connectivity index (χ1n) is 6.83. The van der Waals surface area contributed by atoms with E-state index in [-0.39, 0.29) is 5.91 Å². The molecule has 5 heteroatoms. The summed E-state index contributed by atoms with van der Waals surface area (Å²) in [7, 11) is 1.77. The van der Waals surface area contributed by atoms with Gasteiger partial charge in [-0.15, -0.1) is 0 Å². The normalized spacial score (nSPS) is 10.0. The van der Waals surface area contributed by atoms with E-state index in [2.05, 4.69) is 15.6 Å². The number of nitrogens with one attached hydrogen (secondary N) is 2. The Labute approximate surface area is 124 Å². The Hall–Kier alpha value is -2.56. The van der Waals surface area contributed by atoms with Crippen LogP contribution in [0.5, 0.6) is 5.75 Å².